The summed E-state index contributed by atoms with van der Waals surface area (Å²) in [5.74, 6) is -0.545. The zero-order chi connectivity index (χ0) is 18.7. The van der Waals surface area contributed by atoms with Gasteiger partial charge < -0.3 is 18.7 Å². The number of hydrogen-bond donors (Lipinski definition) is 1. The SMILES string of the molecule is COC(=O)CC(c1ccc(-c2ccccc2)o1)c1oc(C)cc(=O)c1O. The first-order valence-corrected chi connectivity index (χ1v) is 8.05. The minimum absolute atomic E-state index is 0.0191. The summed E-state index contributed by atoms with van der Waals surface area (Å²) in [7, 11) is 1.27. The molecule has 3 rings (SSSR count). The second-order valence-electron chi connectivity index (χ2n) is 5.84. The lowest BCUT2D eigenvalue weighted by molar-refractivity contribution is -0.141. The van der Waals surface area contributed by atoms with E-state index in [9.17, 15) is 14.7 Å². The predicted octanol–water partition coefficient (Wildman–Crippen LogP) is 3.61. The van der Waals surface area contributed by atoms with E-state index >= 15 is 0 Å². The van der Waals surface area contributed by atoms with E-state index in [0.29, 0.717) is 17.3 Å². The van der Waals surface area contributed by atoms with Crippen molar-refractivity contribution < 1.29 is 23.5 Å². The summed E-state index contributed by atoms with van der Waals surface area (Å²) in [5.41, 5.74) is 0.291. The quantitative estimate of drug-likeness (QED) is 0.704. The van der Waals surface area contributed by atoms with E-state index in [4.69, 9.17) is 13.6 Å². The number of carbonyl (C=O) groups excluding carboxylic acids is 1. The summed E-state index contributed by atoms with van der Waals surface area (Å²) >= 11 is 0. The molecule has 134 valence electrons. The fourth-order valence-corrected chi connectivity index (χ4v) is 2.73. The first kappa shape index (κ1) is 17.5. The Hall–Kier alpha value is -3.28. The highest BCUT2D eigenvalue weighted by atomic mass is 16.5. The molecule has 0 aliphatic rings. The van der Waals surface area contributed by atoms with E-state index in [1.54, 1.807) is 19.1 Å². The number of hydrogen-bond acceptors (Lipinski definition) is 6. The van der Waals surface area contributed by atoms with Crippen molar-refractivity contribution in [1.82, 2.24) is 0 Å². The molecule has 0 saturated heterocycles. The second-order valence-corrected chi connectivity index (χ2v) is 5.84. The molecular weight excluding hydrogens is 336 g/mol. The van der Waals surface area contributed by atoms with Gasteiger partial charge in [-0.15, -0.1) is 0 Å². The molecule has 0 saturated carbocycles. The summed E-state index contributed by atoms with van der Waals surface area (Å²) in [4.78, 5) is 23.8. The summed E-state index contributed by atoms with van der Waals surface area (Å²) in [6.07, 6.45) is -0.141. The third-order valence-electron chi connectivity index (χ3n) is 4.02. The monoisotopic (exact) mass is 354 g/mol. The highest BCUT2D eigenvalue weighted by Crippen LogP contribution is 2.36. The molecule has 3 aromatic rings. The standard InChI is InChI=1S/C20H18O6/c1-12-10-15(21)19(23)20(25-12)14(11-18(22)24-2)17-9-8-16(26-17)13-6-4-3-5-7-13/h3-10,14,23H,11H2,1-2H3. The van der Waals surface area contributed by atoms with Gasteiger partial charge in [-0.1, -0.05) is 30.3 Å². The molecule has 1 N–H and O–H groups in total. The van der Waals surface area contributed by atoms with Gasteiger partial charge in [-0.25, -0.2) is 0 Å². The Morgan fingerprint density at radius 1 is 1.15 bits per heavy atom. The maximum Gasteiger partial charge on any atom is 0.306 e. The van der Waals surface area contributed by atoms with Gasteiger partial charge in [-0.2, -0.15) is 0 Å². The molecule has 1 unspecified atom stereocenters. The molecule has 0 spiro atoms. The smallest absolute Gasteiger partial charge is 0.306 e. The van der Waals surface area contributed by atoms with Crippen LogP contribution in [0.3, 0.4) is 0 Å². The van der Waals surface area contributed by atoms with Crippen LogP contribution in [0.25, 0.3) is 11.3 Å². The Labute approximate surface area is 149 Å². The summed E-state index contributed by atoms with van der Waals surface area (Å²) < 4.78 is 16.2. The van der Waals surface area contributed by atoms with Crippen LogP contribution in [-0.2, 0) is 9.53 Å². The molecule has 0 aliphatic heterocycles. The van der Waals surface area contributed by atoms with Crippen molar-refractivity contribution in [2.45, 2.75) is 19.3 Å². The van der Waals surface area contributed by atoms with E-state index in [1.807, 2.05) is 30.3 Å². The van der Waals surface area contributed by atoms with E-state index in [0.717, 1.165) is 5.56 Å². The van der Waals surface area contributed by atoms with Crippen LogP contribution in [-0.4, -0.2) is 18.2 Å². The number of esters is 1. The molecule has 6 heteroatoms. The van der Waals surface area contributed by atoms with Crippen LogP contribution in [0.1, 0.15) is 29.6 Å². The highest BCUT2D eigenvalue weighted by Gasteiger charge is 2.29. The van der Waals surface area contributed by atoms with Crippen LogP contribution in [0.2, 0.25) is 0 Å². The number of rotatable bonds is 5. The van der Waals surface area contributed by atoms with Crippen molar-refractivity contribution in [3.8, 4) is 17.1 Å². The zero-order valence-electron chi connectivity index (χ0n) is 14.4. The highest BCUT2D eigenvalue weighted by molar-refractivity contribution is 5.71. The maximum atomic E-state index is 11.9. The van der Waals surface area contributed by atoms with E-state index < -0.39 is 23.1 Å². The van der Waals surface area contributed by atoms with Gasteiger partial charge in [0, 0.05) is 11.6 Å². The number of aromatic hydroxyl groups is 1. The van der Waals surface area contributed by atoms with E-state index in [2.05, 4.69) is 0 Å². The van der Waals surface area contributed by atoms with Crippen molar-refractivity contribution in [1.29, 1.82) is 0 Å². The Morgan fingerprint density at radius 3 is 2.58 bits per heavy atom. The molecular formula is C20H18O6. The molecule has 0 bridgehead atoms. The molecule has 1 aromatic carbocycles. The van der Waals surface area contributed by atoms with E-state index in [1.165, 1.54) is 13.2 Å². The number of aryl methyl sites for hydroxylation is 1. The van der Waals surface area contributed by atoms with Crippen LogP contribution in [0, 0.1) is 6.92 Å². The molecule has 0 amide bonds. The Morgan fingerprint density at radius 2 is 1.88 bits per heavy atom. The van der Waals surface area contributed by atoms with Gasteiger partial charge in [0.1, 0.15) is 17.3 Å². The number of methoxy groups -OCH3 is 1. The van der Waals surface area contributed by atoms with Gasteiger partial charge in [0.15, 0.2) is 5.76 Å². The predicted molar refractivity (Wildman–Crippen MR) is 94.0 cm³/mol. The fourth-order valence-electron chi connectivity index (χ4n) is 2.73. The first-order valence-electron chi connectivity index (χ1n) is 8.05. The zero-order valence-corrected chi connectivity index (χ0v) is 14.4. The normalized spacial score (nSPS) is 11.9. The molecule has 26 heavy (non-hydrogen) atoms. The van der Waals surface area contributed by atoms with Crippen LogP contribution >= 0.6 is 0 Å². The summed E-state index contributed by atoms with van der Waals surface area (Å²) in [6, 6.07) is 14.1. The van der Waals surface area contributed by atoms with Crippen molar-refractivity contribution in [2.75, 3.05) is 7.11 Å². The van der Waals surface area contributed by atoms with E-state index in [-0.39, 0.29) is 12.2 Å². The Balaban J connectivity index is 2.07. The van der Waals surface area contributed by atoms with Gasteiger partial charge in [-0.05, 0) is 19.1 Å². The Bertz CT molecular complexity index is 967. The minimum Gasteiger partial charge on any atom is -0.502 e. The van der Waals surface area contributed by atoms with Crippen molar-refractivity contribution in [2.24, 2.45) is 0 Å². The maximum absolute atomic E-state index is 11.9. The lowest BCUT2D eigenvalue weighted by atomic mass is 9.98. The third-order valence-corrected chi connectivity index (χ3v) is 4.02. The molecule has 6 nitrogen and oxygen atoms in total. The number of carbonyl (C=O) groups is 1. The van der Waals surface area contributed by atoms with Crippen molar-refractivity contribution >= 4 is 5.97 Å². The largest absolute Gasteiger partial charge is 0.502 e. The lowest BCUT2D eigenvalue weighted by Gasteiger charge is -2.14. The van der Waals surface area contributed by atoms with Gasteiger partial charge >= 0.3 is 5.97 Å². The van der Waals surface area contributed by atoms with Crippen LogP contribution < -0.4 is 5.43 Å². The van der Waals surface area contributed by atoms with Crippen LogP contribution in [0.4, 0.5) is 0 Å². The third kappa shape index (κ3) is 3.54. The first-order chi connectivity index (χ1) is 12.5. The molecule has 2 heterocycles. The van der Waals surface area contributed by atoms with Crippen molar-refractivity contribution in [3.05, 3.63) is 76.0 Å². The molecule has 0 radical (unpaired) electrons. The molecule has 1 atom stereocenters. The van der Waals surface area contributed by atoms with Gasteiger partial charge in [0.05, 0.1) is 19.4 Å². The lowest BCUT2D eigenvalue weighted by Crippen LogP contribution is -2.13. The minimum atomic E-state index is -0.785. The molecule has 0 aliphatic carbocycles. The summed E-state index contributed by atoms with van der Waals surface area (Å²) in [5, 5.41) is 10.2. The Kier molecular flexibility index (Phi) is 4.93. The van der Waals surface area contributed by atoms with Gasteiger partial charge in [-0.3, -0.25) is 9.59 Å². The number of benzene rings is 1. The fraction of sp³-hybridized carbons (Fsp3) is 0.200. The van der Waals surface area contributed by atoms with Gasteiger partial charge in [0.2, 0.25) is 11.2 Å². The van der Waals surface area contributed by atoms with Gasteiger partial charge in [0.25, 0.3) is 0 Å². The second kappa shape index (κ2) is 7.31. The summed E-state index contributed by atoms with van der Waals surface area (Å²) in [6.45, 7) is 1.59. The number of ether oxygens (including phenoxy) is 1. The average Bonchev–Trinajstić information content (AvgIpc) is 3.13. The van der Waals surface area contributed by atoms with Crippen LogP contribution in [0.5, 0.6) is 5.75 Å². The average molecular weight is 354 g/mol. The van der Waals surface area contributed by atoms with Crippen molar-refractivity contribution in [3.63, 3.8) is 0 Å². The number of furan rings is 1. The topological polar surface area (TPSA) is 89.9 Å². The molecule has 0 fully saturated rings. The van der Waals surface area contributed by atoms with Crippen LogP contribution in [0.15, 0.2) is 62.2 Å². The molecule has 2 aromatic heterocycles.